The normalized spacial score (nSPS) is 11.9. The molecule has 10 heteroatoms. The van der Waals surface area contributed by atoms with E-state index in [1.165, 1.54) is 7.11 Å². The highest BCUT2D eigenvalue weighted by molar-refractivity contribution is 5.64. The Labute approximate surface area is 126 Å². The molecule has 2 heterocycles. The molecule has 0 atom stereocenters. The van der Waals surface area contributed by atoms with Crippen molar-refractivity contribution in [3.05, 3.63) is 40.8 Å². The number of hydrogen-bond donors (Lipinski definition) is 0. The van der Waals surface area contributed by atoms with E-state index in [9.17, 15) is 17.6 Å². The lowest BCUT2D eigenvalue weighted by atomic mass is 10.1. The molecule has 0 amide bonds. The predicted molar refractivity (Wildman–Crippen MR) is 68.2 cm³/mol. The highest BCUT2D eigenvalue weighted by atomic mass is 19.4. The number of fused-ring (bicyclic) bond motifs is 1. The van der Waals surface area contributed by atoms with Crippen molar-refractivity contribution in [3.8, 4) is 5.88 Å². The zero-order valence-electron chi connectivity index (χ0n) is 11.6. The fourth-order valence-corrected chi connectivity index (χ4v) is 2.03. The van der Waals surface area contributed by atoms with Gasteiger partial charge in [0.05, 0.1) is 12.7 Å². The first kappa shape index (κ1) is 15.1. The van der Waals surface area contributed by atoms with Gasteiger partial charge in [0.1, 0.15) is 11.5 Å². The molecule has 0 spiro atoms. The number of halogens is 4. The maximum absolute atomic E-state index is 13.6. The molecule has 0 radical (unpaired) electrons. The molecule has 0 saturated heterocycles. The molecule has 3 rings (SSSR count). The second kappa shape index (κ2) is 5.45. The van der Waals surface area contributed by atoms with E-state index in [2.05, 4.69) is 24.9 Å². The lowest BCUT2D eigenvalue weighted by Gasteiger charge is -2.10. The summed E-state index contributed by atoms with van der Waals surface area (Å²) in [5.74, 6) is -1.25. The average Bonchev–Trinajstić information content (AvgIpc) is 2.92. The molecule has 0 aliphatic rings. The van der Waals surface area contributed by atoms with Gasteiger partial charge in [-0.3, -0.25) is 0 Å². The van der Waals surface area contributed by atoms with E-state index in [0.717, 1.165) is 12.1 Å². The number of hydrogen-bond acceptors (Lipinski definition) is 6. The summed E-state index contributed by atoms with van der Waals surface area (Å²) in [6, 6.07) is 2.65. The molecule has 0 unspecified atom stereocenters. The van der Waals surface area contributed by atoms with Crippen LogP contribution < -0.4 is 4.74 Å². The fourth-order valence-electron chi connectivity index (χ4n) is 2.03. The van der Waals surface area contributed by atoms with E-state index >= 15 is 0 Å². The van der Waals surface area contributed by atoms with Gasteiger partial charge in [-0.25, -0.2) is 14.0 Å². The Morgan fingerprint density at radius 1 is 1.13 bits per heavy atom. The highest BCUT2D eigenvalue weighted by Gasteiger charge is 2.33. The second-order valence-electron chi connectivity index (χ2n) is 4.58. The Balaban J connectivity index is 1.97. The summed E-state index contributed by atoms with van der Waals surface area (Å²) in [5.41, 5.74) is -0.526. The molecule has 120 valence electrons. The lowest BCUT2D eigenvalue weighted by Crippen LogP contribution is -2.08. The van der Waals surface area contributed by atoms with E-state index in [1.54, 1.807) is 0 Å². The second-order valence-corrected chi connectivity index (χ2v) is 4.58. The number of ether oxygens (including phenoxy) is 1. The topological polar surface area (TPSA) is 73.9 Å². The van der Waals surface area contributed by atoms with Crippen molar-refractivity contribution in [1.29, 1.82) is 0 Å². The van der Waals surface area contributed by atoms with E-state index in [0.29, 0.717) is 6.07 Å². The minimum absolute atomic E-state index is 0.00797. The van der Waals surface area contributed by atoms with E-state index < -0.39 is 17.6 Å². The first-order valence-corrected chi connectivity index (χ1v) is 6.27. The molecule has 23 heavy (non-hydrogen) atoms. The molecule has 1 aromatic carbocycles. The van der Waals surface area contributed by atoms with E-state index in [1.807, 2.05) is 0 Å². The van der Waals surface area contributed by atoms with Crippen LogP contribution in [0.1, 0.15) is 16.8 Å². The maximum atomic E-state index is 13.6. The van der Waals surface area contributed by atoms with Gasteiger partial charge in [-0.2, -0.15) is 18.2 Å². The summed E-state index contributed by atoms with van der Waals surface area (Å²) in [6.45, 7) is 0. The van der Waals surface area contributed by atoms with Crippen LogP contribution in [0.2, 0.25) is 0 Å². The number of benzene rings is 1. The van der Waals surface area contributed by atoms with Crippen molar-refractivity contribution < 1.29 is 26.9 Å². The Bertz CT molecular complexity index is 863. The van der Waals surface area contributed by atoms with Gasteiger partial charge >= 0.3 is 6.18 Å². The summed E-state index contributed by atoms with van der Waals surface area (Å²) in [4.78, 5) is 8.11. The van der Waals surface area contributed by atoms with Gasteiger partial charge in [0, 0.05) is 6.42 Å². The number of nitrogens with zero attached hydrogens (tertiary/aromatic N) is 4. The van der Waals surface area contributed by atoms with Crippen LogP contribution in [-0.2, 0) is 12.6 Å². The van der Waals surface area contributed by atoms with Crippen LogP contribution >= 0.6 is 0 Å². The quantitative estimate of drug-likeness (QED) is 0.688. The zero-order valence-corrected chi connectivity index (χ0v) is 11.6. The first-order valence-electron chi connectivity index (χ1n) is 6.27. The third-order valence-corrected chi connectivity index (χ3v) is 3.05. The van der Waals surface area contributed by atoms with E-state index in [-0.39, 0.29) is 34.9 Å². The van der Waals surface area contributed by atoms with Crippen LogP contribution in [0.4, 0.5) is 17.6 Å². The Kier molecular flexibility index (Phi) is 3.58. The molecule has 0 N–H and O–H groups in total. The molecule has 6 nitrogen and oxygen atoms in total. The van der Waals surface area contributed by atoms with Gasteiger partial charge in [0.25, 0.3) is 0 Å². The molecule has 0 aliphatic heterocycles. The van der Waals surface area contributed by atoms with Crippen molar-refractivity contribution in [2.24, 2.45) is 0 Å². The first-order chi connectivity index (χ1) is 10.9. The summed E-state index contributed by atoms with van der Waals surface area (Å²) in [7, 11) is 1.35. The highest BCUT2D eigenvalue weighted by Crippen LogP contribution is 2.32. The van der Waals surface area contributed by atoms with Crippen LogP contribution in [0.5, 0.6) is 5.88 Å². The standard InChI is InChI=1S/C13H8F4N4O2/c1-22-12-9(18-10-11(19-12)21-23-20-10)5-6-2-3-7(8(14)4-6)13(15,16)17/h2-4H,5H2,1H3. The monoisotopic (exact) mass is 328 g/mol. The van der Waals surface area contributed by atoms with Crippen LogP contribution in [0.3, 0.4) is 0 Å². The molecule has 3 aromatic rings. The summed E-state index contributed by atoms with van der Waals surface area (Å²) in [6.07, 6.45) is -4.74. The Morgan fingerprint density at radius 2 is 1.83 bits per heavy atom. The number of rotatable bonds is 3. The SMILES string of the molecule is COc1nc2nonc2nc1Cc1ccc(C(F)(F)F)c(F)c1. The Hall–Kier alpha value is -2.78. The van der Waals surface area contributed by atoms with Crippen LogP contribution in [0.15, 0.2) is 22.8 Å². The smallest absolute Gasteiger partial charge is 0.419 e. The molecule has 0 fully saturated rings. The minimum Gasteiger partial charge on any atom is -0.480 e. The van der Waals surface area contributed by atoms with E-state index in [4.69, 9.17) is 4.74 Å². The van der Waals surface area contributed by atoms with Gasteiger partial charge in [-0.1, -0.05) is 6.07 Å². The van der Waals surface area contributed by atoms with Crippen molar-refractivity contribution in [2.75, 3.05) is 7.11 Å². The van der Waals surface area contributed by atoms with Crippen molar-refractivity contribution >= 4 is 11.3 Å². The van der Waals surface area contributed by atoms with Gasteiger partial charge in [-0.05, 0) is 28.0 Å². The maximum Gasteiger partial charge on any atom is 0.419 e. The number of aromatic nitrogens is 4. The largest absolute Gasteiger partial charge is 0.480 e. The van der Waals surface area contributed by atoms with Crippen LogP contribution in [-0.4, -0.2) is 27.4 Å². The van der Waals surface area contributed by atoms with Gasteiger partial charge in [0.15, 0.2) is 0 Å². The number of methoxy groups -OCH3 is 1. The number of alkyl halides is 3. The third-order valence-electron chi connectivity index (χ3n) is 3.05. The third kappa shape index (κ3) is 2.91. The van der Waals surface area contributed by atoms with Crippen molar-refractivity contribution in [1.82, 2.24) is 20.3 Å². The zero-order chi connectivity index (χ0) is 16.6. The summed E-state index contributed by atoms with van der Waals surface area (Å²) >= 11 is 0. The van der Waals surface area contributed by atoms with Crippen LogP contribution in [0.25, 0.3) is 11.3 Å². The minimum atomic E-state index is -4.74. The van der Waals surface area contributed by atoms with Crippen LogP contribution in [0, 0.1) is 5.82 Å². The molecular weight excluding hydrogens is 320 g/mol. The lowest BCUT2D eigenvalue weighted by molar-refractivity contribution is -0.140. The molecule has 2 aromatic heterocycles. The van der Waals surface area contributed by atoms with Crippen molar-refractivity contribution in [3.63, 3.8) is 0 Å². The molecular formula is C13H8F4N4O2. The summed E-state index contributed by atoms with van der Waals surface area (Å²) < 4.78 is 60.8. The molecule has 0 saturated carbocycles. The average molecular weight is 328 g/mol. The van der Waals surface area contributed by atoms with Gasteiger partial charge in [0.2, 0.25) is 17.2 Å². The predicted octanol–water partition coefficient (Wildman–Crippen LogP) is 2.77. The molecule has 0 bridgehead atoms. The van der Waals surface area contributed by atoms with Gasteiger partial charge in [-0.15, -0.1) is 0 Å². The molecule has 0 aliphatic carbocycles. The van der Waals surface area contributed by atoms with Crippen molar-refractivity contribution in [2.45, 2.75) is 12.6 Å². The Morgan fingerprint density at radius 3 is 2.43 bits per heavy atom. The van der Waals surface area contributed by atoms with Gasteiger partial charge < -0.3 is 4.74 Å². The fraction of sp³-hybridized carbons (Fsp3) is 0.231. The summed E-state index contributed by atoms with van der Waals surface area (Å²) in [5, 5.41) is 7.03.